The molecule has 26 heavy (non-hydrogen) atoms. The highest BCUT2D eigenvalue weighted by atomic mass is 16.2. The third-order valence-electron chi connectivity index (χ3n) is 5.65. The summed E-state index contributed by atoms with van der Waals surface area (Å²) in [6.45, 7) is 11.4. The first-order valence-corrected chi connectivity index (χ1v) is 9.09. The SMILES string of the molecule is C=C1CC2(C)CN(C(=O)C(C)(C)N(C)C(=O)CN(C)C)CCC2=NN1C. The van der Waals surface area contributed by atoms with Gasteiger partial charge in [0, 0.05) is 56.9 Å². The van der Waals surface area contributed by atoms with Gasteiger partial charge in [-0.05, 0) is 27.9 Å². The number of carbonyl (C=O) groups is 2. The van der Waals surface area contributed by atoms with Gasteiger partial charge < -0.3 is 14.7 Å². The molecule has 0 spiro atoms. The first-order chi connectivity index (χ1) is 11.9. The van der Waals surface area contributed by atoms with E-state index in [4.69, 9.17) is 0 Å². The van der Waals surface area contributed by atoms with Crippen molar-refractivity contribution in [3.63, 3.8) is 0 Å². The van der Waals surface area contributed by atoms with Crippen LogP contribution in [0.4, 0.5) is 0 Å². The maximum Gasteiger partial charge on any atom is 0.247 e. The number of fused-ring (bicyclic) bond motifs is 1. The minimum absolute atomic E-state index is 0.0167. The van der Waals surface area contributed by atoms with Crippen LogP contribution in [0.15, 0.2) is 17.4 Å². The van der Waals surface area contributed by atoms with Crippen molar-refractivity contribution in [2.24, 2.45) is 10.5 Å². The summed E-state index contributed by atoms with van der Waals surface area (Å²) in [4.78, 5) is 31.0. The van der Waals surface area contributed by atoms with Crippen molar-refractivity contribution < 1.29 is 9.59 Å². The Morgan fingerprint density at radius 2 is 1.92 bits per heavy atom. The number of hydrazone groups is 1. The zero-order chi connectivity index (χ0) is 19.9. The van der Waals surface area contributed by atoms with Gasteiger partial charge in [0.05, 0.1) is 6.54 Å². The molecule has 2 heterocycles. The van der Waals surface area contributed by atoms with Gasteiger partial charge in [0.2, 0.25) is 11.8 Å². The Hall–Kier alpha value is -1.89. The van der Waals surface area contributed by atoms with Gasteiger partial charge in [-0.1, -0.05) is 13.5 Å². The Kier molecular flexibility index (Phi) is 5.52. The molecule has 1 unspecified atom stereocenters. The summed E-state index contributed by atoms with van der Waals surface area (Å²) in [5.41, 5.74) is 1.02. The standard InChI is InChI=1S/C19H33N5O2/c1-14-11-19(4)13-24(10-9-15(19)20-23(14)8)17(26)18(2,3)22(7)16(25)12-21(5)6/h1,9-13H2,2-8H3. The molecule has 1 saturated heterocycles. The summed E-state index contributed by atoms with van der Waals surface area (Å²) in [6.07, 6.45) is 1.55. The molecule has 1 fully saturated rings. The lowest BCUT2D eigenvalue weighted by Crippen LogP contribution is -2.61. The van der Waals surface area contributed by atoms with Crippen molar-refractivity contribution in [2.45, 2.75) is 39.2 Å². The smallest absolute Gasteiger partial charge is 0.247 e. The Morgan fingerprint density at radius 1 is 1.31 bits per heavy atom. The fourth-order valence-corrected chi connectivity index (χ4v) is 3.67. The van der Waals surface area contributed by atoms with Crippen LogP contribution in [-0.4, -0.2) is 90.6 Å². The molecule has 146 valence electrons. The third-order valence-corrected chi connectivity index (χ3v) is 5.65. The number of rotatable bonds is 4. The van der Waals surface area contributed by atoms with E-state index in [2.05, 4.69) is 18.6 Å². The van der Waals surface area contributed by atoms with Crippen LogP contribution < -0.4 is 0 Å². The normalized spacial score (nSPS) is 23.7. The van der Waals surface area contributed by atoms with Gasteiger partial charge in [0.15, 0.2) is 0 Å². The zero-order valence-corrected chi connectivity index (χ0v) is 17.3. The second-order valence-electron chi connectivity index (χ2n) is 8.60. The Labute approximate surface area is 157 Å². The molecule has 0 bridgehead atoms. The van der Waals surface area contributed by atoms with Gasteiger partial charge >= 0.3 is 0 Å². The Balaban J connectivity index is 2.16. The first-order valence-electron chi connectivity index (χ1n) is 9.09. The fourth-order valence-electron chi connectivity index (χ4n) is 3.67. The molecule has 0 saturated carbocycles. The van der Waals surface area contributed by atoms with E-state index in [0.717, 1.165) is 24.3 Å². The summed E-state index contributed by atoms with van der Waals surface area (Å²) < 4.78 is 0. The highest BCUT2D eigenvalue weighted by Crippen LogP contribution is 2.38. The van der Waals surface area contributed by atoms with Crippen molar-refractivity contribution in [1.29, 1.82) is 0 Å². The van der Waals surface area contributed by atoms with E-state index in [1.165, 1.54) is 0 Å². The maximum atomic E-state index is 13.3. The summed E-state index contributed by atoms with van der Waals surface area (Å²) in [5.74, 6) is -0.0802. The monoisotopic (exact) mass is 363 g/mol. The Bertz CT molecular complexity index is 640. The molecule has 0 N–H and O–H groups in total. The van der Waals surface area contributed by atoms with Gasteiger partial charge in [0.1, 0.15) is 5.54 Å². The van der Waals surface area contributed by atoms with Crippen molar-refractivity contribution in [2.75, 3.05) is 47.8 Å². The number of likely N-dealkylation sites (tertiary alicyclic amines) is 1. The molecular formula is C19H33N5O2. The molecule has 7 nitrogen and oxygen atoms in total. The number of amides is 2. The number of piperidine rings is 1. The fraction of sp³-hybridized carbons (Fsp3) is 0.737. The van der Waals surface area contributed by atoms with Crippen LogP contribution in [-0.2, 0) is 9.59 Å². The molecule has 0 aliphatic carbocycles. The van der Waals surface area contributed by atoms with E-state index < -0.39 is 5.54 Å². The molecule has 0 aromatic heterocycles. The molecule has 2 rings (SSSR count). The second kappa shape index (κ2) is 7.02. The van der Waals surface area contributed by atoms with E-state index in [0.29, 0.717) is 13.1 Å². The van der Waals surface area contributed by atoms with Crippen LogP contribution in [0.2, 0.25) is 0 Å². The summed E-state index contributed by atoms with van der Waals surface area (Å²) in [6, 6.07) is 0. The van der Waals surface area contributed by atoms with Crippen LogP contribution in [0, 0.1) is 5.41 Å². The van der Waals surface area contributed by atoms with Gasteiger partial charge in [0.25, 0.3) is 0 Å². The summed E-state index contributed by atoms with van der Waals surface area (Å²) in [7, 11) is 7.32. The predicted molar refractivity (Wildman–Crippen MR) is 104 cm³/mol. The van der Waals surface area contributed by atoms with E-state index in [1.54, 1.807) is 11.9 Å². The topological polar surface area (TPSA) is 59.5 Å². The van der Waals surface area contributed by atoms with Gasteiger partial charge in [-0.3, -0.25) is 14.6 Å². The zero-order valence-electron chi connectivity index (χ0n) is 17.3. The molecule has 0 aromatic carbocycles. The lowest BCUT2D eigenvalue weighted by Gasteiger charge is -2.48. The van der Waals surface area contributed by atoms with Crippen LogP contribution in [0.5, 0.6) is 0 Å². The molecular weight excluding hydrogens is 330 g/mol. The van der Waals surface area contributed by atoms with E-state index in [1.807, 2.05) is 49.8 Å². The molecule has 2 aliphatic rings. The number of allylic oxidation sites excluding steroid dienone is 1. The molecule has 2 amide bonds. The average molecular weight is 364 g/mol. The highest BCUT2D eigenvalue weighted by molar-refractivity contribution is 5.96. The van der Waals surface area contributed by atoms with Gasteiger partial charge in [-0.25, -0.2) is 0 Å². The molecule has 0 radical (unpaired) electrons. The van der Waals surface area contributed by atoms with Crippen LogP contribution >= 0.6 is 0 Å². The molecule has 7 heteroatoms. The first kappa shape index (κ1) is 20.4. The van der Waals surface area contributed by atoms with E-state index >= 15 is 0 Å². The maximum absolute atomic E-state index is 13.3. The third kappa shape index (κ3) is 3.77. The van der Waals surface area contributed by atoms with Gasteiger partial charge in [-0.15, -0.1) is 0 Å². The lowest BCUT2D eigenvalue weighted by atomic mass is 9.75. The number of hydrogen-bond acceptors (Lipinski definition) is 5. The predicted octanol–water partition coefficient (Wildman–Crippen LogP) is 1.23. The number of hydrogen-bond donors (Lipinski definition) is 0. The van der Waals surface area contributed by atoms with Gasteiger partial charge in [-0.2, -0.15) is 5.10 Å². The van der Waals surface area contributed by atoms with E-state index in [-0.39, 0.29) is 23.8 Å². The molecule has 2 aliphatic heterocycles. The van der Waals surface area contributed by atoms with Crippen LogP contribution in [0.25, 0.3) is 0 Å². The molecule has 1 atom stereocenters. The van der Waals surface area contributed by atoms with Crippen LogP contribution in [0.3, 0.4) is 0 Å². The largest absolute Gasteiger partial charge is 0.339 e. The second-order valence-corrected chi connectivity index (χ2v) is 8.60. The number of likely N-dealkylation sites (N-methyl/N-ethyl adjacent to an activating group) is 2. The number of nitrogens with zero attached hydrogens (tertiary/aromatic N) is 5. The minimum atomic E-state index is -0.888. The highest BCUT2D eigenvalue weighted by Gasteiger charge is 2.46. The van der Waals surface area contributed by atoms with Crippen molar-refractivity contribution in [3.05, 3.63) is 12.3 Å². The minimum Gasteiger partial charge on any atom is -0.339 e. The summed E-state index contributed by atoms with van der Waals surface area (Å²) in [5, 5.41) is 6.49. The van der Waals surface area contributed by atoms with E-state index in [9.17, 15) is 9.59 Å². The molecule has 0 aromatic rings. The quantitative estimate of drug-likeness (QED) is 0.754. The average Bonchev–Trinajstić information content (AvgIpc) is 2.53. The van der Waals surface area contributed by atoms with Crippen molar-refractivity contribution in [3.8, 4) is 0 Å². The Morgan fingerprint density at radius 3 is 2.50 bits per heavy atom. The summed E-state index contributed by atoms with van der Waals surface area (Å²) >= 11 is 0. The lowest BCUT2D eigenvalue weighted by molar-refractivity contribution is -0.151. The van der Waals surface area contributed by atoms with Crippen molar-refractivity contribution >= 4 is 17.5 Å². The number of carbonyl (C=O) groups excluding carboxylic acids is 2. The van der Waals surface area contributed by atoms with Crippen molar-refractivity contribution in [1.82, 2.24) is 19.7 Å². The van der Waals surface area contributed by atoms with Crippen LogP contribution in [0.1, 0.15) is 33.6 Å².